The molecule has 6 heteroatoms. The maximum atomic E-state index is 12.8. The van der Waals surface area contributed by atoms with Crippen LogP contribution < -0.4 is 5.32 Å². The first kappa shape index (κ1) is 17.2. The lowest BCUT2D eigenvalue weighted by molar-refractivity contribution is -0.140. The topological polar surface area (TPSA) is 69.7 Å². The number of urea groups is 1. The molecular formula is C18H29N3O3. The van der Waals surface area contributed by atoms with Gasteiger partial charge in [0, 0.05) is 13.1 Å². The van der Waals surface area contributed by atoms with Crippen molar-refractivity contribution in [2.24, 2.45) is 11.8 Å². The van der Waals surface area contributed by atoms with Crippen LogP contribution >= 0.6 is 0 Å². The van der Waals surface area contributed by atoms with E-state index in [4.69, 9.17) is 0 Å². The highest BCUT2D eigenvalue weighted by Gasteiger charge is 2.52. The summed E-state index contributed by atoms with van der Waals surface area (Å²) >= 11 is 0. The number of hydrogen-bond acceptors (Lipinski definition) is 3. The molecule has 1 saturated carbocycles. The van der Waals surface area contributed by atoms with Crippen LogP contribution in [0.25, 0.3) is 0 Å². The molecule has 3 fully saturated rings. The number of amides is 4. The smallest absolute Gasteiger partial charge is 0.325 e. The Balaban J connectivity index is 1.63. The summed E-state index contributed by atoms with van der Waals surface area (Å²) in [6.07, 6.45) is 6.57. The molecule has 1 N–H and O–H groups in total. The van der Waals surface area contributed by atoms with Crippen molar-refractivity contribution in [1.82, 2.24) is 15.1 Å². The second-order valence-electron chi connectivity index (χ2n) is 7.84. The van der Waals surface area contributed by atoms with Gasteiger partial charge in [-0.15, -0.1) is 0 Å². The van der Waals surface area contributed by atoms with Gasteiger partial charge in [-0.25, -0.2) is 4.79 Å². The fourth-order valence-corrected chi connectivity index (χ4v) is 4.39. The average Bonchev–Trinajstić information content (AvgIpc) is 2.80. The second-order valence-corrected chi connectivity index (χ2v) is 7.84. The number of nitrogens with zero attached hydrogens (tertiary/aromatic N) is 2. The van der Waals surface area contributed by atoms with E-state index < -0.39 is 11.6 Å². The quantitative estimate of drug-likeness (QED) is 0.803. The van der Waals surface area contributed by atoms with Gasteiger partial charge in [0.05, 0.1) is 0 Å². The highest BCUT2D eigenvalue weighted by atomic mass is 16.2. The van der Waals surface area contributed by atoms with Gasteiger partial charge in [-0.3, -0.25) is 14.5 Å². The number of piperidine rings is 1. The predicted molar refractivity (Wildman–Crippen MR) is 90.2 cm³/mol. The van der Waals surface area contributed by atoms with Crippen LogP contribution in [0.15, 0.2) is 0 Å². The van der Waals surface area contributed by atoms with Crippen molar-refractivity contribution in [2.75, 3.05) is 19.6 Å². The van der Waals surface area contributed by atoms with Gasteiger partial charge in [-0.1, -0.05) is 20.3 Å². The van der Waals surface area contributed by atoms with Crippen molar-refractivity contribution < 1.29 is 14.4 Å². The average molecular weight is 335 g/mol. The third kappa shape index (κ3) is 3.15. The zero-order chi connectivity index (χ0) is 17.3. The molecule has 0 radical (unpaired) electrons. The van der Waals surface area contributed by atoms with Crippen molar-refractivity contribution in [3.05, 3.63) is 0 Å². The second kappa shape index (κ2) is 6.73. The number of likely N-dealkylation sites (tertiary alicyclic amines) is 1. The molecule has 0 aromatic rings. The zero-order valence-electron chi connectivity index (χ0n) is 14.8. The van der Waals surface area contributed by atoms with E-state index in [1.54, 1.807) is 4.90 Å². The predicted octanol–water partition coefficient (Wildman–Crippen LogP) is 2.14. The number of carbonyl (C=O) groups is 3. The Bertz CT molecular complexity index is 526. The monoisotopic (exact) mass is 335 g/mol. The molecule has 2 heterocycles. The third-order valence-electron chi connectivity index (χ3n) is 6.09. The number of nitrogens with one attached hydrogen (secondary N) is 1. The van der Waals surface area contributed by atoms with Crippen LogP contribution in [0.1, 0.15) is 58.8 Å². The summed E-state index contributed by atoms with van der Waals surface area (Å²) in [6.45, 7) is 5.65. The van der Waals surface area contributed by atoms with E-state index in [1.807, 2.05) is 0 Å². The highest BCUT2D eigenvalue weighted by Crippen LogP contribution is 2.37. The summed E-state index contributed by atoms with van der Waals surface area (Å²) < 4.78 is 0. The first-order valence-electron chi connectivity index (χ1n) is 9.37. The van der Waals surface area contributed by atoms with E-state index in [-0.39, 0.29) is 18.4 Å². The van der Waals surface area contributed by atoms with Crippen molar-refractivity contribution in [3.63, 3.8) is 0 Å². The first-order valence-corrected chi connectivity index (χ1v) is 9.37. The normalized spacial score (nSPS) is 33.9. The van der Waals surface area contributed by atoms with Crippen LogP contribution in [0.4, 0.5) is 4.79 Å². The molecule has 1 aliphatic carbocycles. The molecule has 0 aromatic carbocycles. The first-order chi connectivity index (χ1) is 11.4. The molecule has 0 bridgehead atoms. The summed E-state index contributed by atoms with van der Waals surface area (Å²) in [5.41, 5.74) is -0.752. The Labute approximate surface area is 143 Å². The lowest BCUT2D eigenvalue weighted by atomic mass is 9.75. The van der Waals surface area contributed by atoms with Crippen LogP contribution in [0, 0.1) is 11.8 Å². The minimum Gasteiger partial charge on any atom is -0.341 e. The highest BCUT2D eigenvalue weighted by molar-refractivity contribution is 6.09. The Morgan fingerprint density at radius 2 is 1.96 bits per heavy atom. The molecule has 24 heavy (non-hydrogen) atoms. The van der Waals surface area contributed by atoms with Gasteiger partial charge in [-0.2, -0.15) is 0 Å². The van der Waals surface area contributed by atoms with Crippen LogP contribution in [0.3, 0.4) is 0 Å². The van der Waals surface area contributed by atoms with Crippen molar-refractivity contribution >= 4 is 17.8 Å². The molecule has 6 nitrogen and oxygen atoms in total. The molecule has 2 aliphatic heterocycles. The van der Waals surface area contributed by atoms with Gasteiger partial charge in [0.25, 0.3) is 5.91 Å². The third-order valence-corrected chi connectivity index (χ3v) is 6.09. The van der Waals surface area contributed by atoms with E-state index in [9.17, 15) is 14.4 Å². The minimum atomic E-state index is -0.752. The maximum absolute atomic E-state index is 12.8. The van der Waals surface area contributed by atoms with Gasteiger partial charge in [0.15, 0.2) is 0 Å². The van der Waals surface area contributed by atoms with Crippen molar-refractivity contribution in [3.8, 4) is 0 Å². The van der Waals surface area contributed by atoms with E-state index >= 15 is 0 Å². The summed E-state index contributed by atoms with van der Waals surface area (Å²) in [6, 6.07) is -0.395. The lowest BCUT2D eigenvalue weighted by Gasteiger charge is -2.35. The van der Waals surface area contributed by atoms with Crippen LogP contribution in [0.2, 0.25) is 0 Å². The molecule has 3 aliphatic rings. The molecule has 1 atom stereocenters. The van der Waals surface area contributed by atoms with E-state index in [0.717, 1.165) is 50.1 Å². The van der Waals surface area contributed by atoms with Crippen molar-refractivity contribution in [2.45, 2.75) is 64.3 Å². The van der Waals surface area contributed by atoms with Crippen LogP contribution in [-0.2, 0) is 9.59 Å². The largest absolute Gasteiger partial charge is 0.341 e. The van der Waals surface area contributed by atoms with Gasteiger partial charge in [0.2, 0.25) is 5.91 Å². The molecule has 4 amide bonds. The Morgan fingerprint density at radius 1 is 1.25 bits per heavy atom. The fourth-order valence-electron chi connectivity index (χ4n) is 4.39. The fraction of sp³-hybridized carbons (Fsp3) is 0.833. The zero-order valence-corrected chi connectivity index (χ0v) is 14.8. The van der Waals surface area contributed by atoms with Crippen molar-refractivity contribution in [1.29, 1.82) is 0 Å². The number of carbonyl (C=O) groups excluding carboxylic acids is 3. The van der Waals surface area contributed by atoms with E-state index in [0.29, 0.717) is 24.7 Å². The Hall–Kier alpha value is -1.59. The summed E-state index contributed by atoms with van der Waals surface area (Å²) in [4.78, 5) is 40.6. The molecular weight excluding hydrogens is 306 g/mol. The van der Waals surface area contributed by atoms with Gasteiger partial charge in [-0.05, 0) is 50.4 Å². The standard InChI is InChI=1S/C18H29N3O3/c1-3-14-6-8-18(9-7-14)16(23)21(17(24)19-18)12-15(22)20-10-4-5-13(2)11-20/h13-14H,3-12H2,1-2H3,(H,19,24)/t13-,14?,18?/m1/s1. The van der Waals surface area contributed by atoms with E-state index in [1.165, 1.54) is 0 Å². The molecule has 134 valence electrons. The number of rotatable bonds is 3. The molecule has 1 spiro atoms. The minimum absolute atomic E-state index is 0.107. The SMILES string of the molecule is CCC1CCC2(CC1)NC(=O)N(CC(=O)N1CCC[C@@H](C)C1)C2=O. The maximum Gasteiger partial charge on any atom is 0.325 e. The summed E-state index contributed by atoms with van der Waals surface area (Å²) in [7, 11) is 0. The Morgan fingerprint density at radius 3 is 2.58 bits per heavy atom. The number of hydrogen-bond donors (Lipinski definition) is 1. The number of imide groups is 1. The molecule has 0 unspecified atom stereocenters. The summed E-state index contributed by atoms with van der Waals surface area (Å²) in [5, 5.41) is 2.90. The Kier molecular flexibility index (Phi) is 4.83. The molecule has 2 saturated heterocycles. The van der Waals surface area contributed by atoms with Gasteiger partial charge in [0.1, 0.15) is 12.1 Å². The van der Waals surface area contributed by atoms with E-state index in [2.05, 4.69) is 19.2 Å². The van der Waals surface area contributed by atoms with Gasteiger partial charge >= 0.3 is 6.03 Å². The molecule has 3 rings (SSSR count). The lowest BCUT2D eigenvalue weighted by Crippen LogP contribution is -2.50. The van der Waals surface area contributed by atoms with Crippen LogP contribution in [-0.4, -0.2) is 52.8 Å². The van der Waals surface area contributed by atoms with Gasteiger partial charge < -0.3 is 10.2 Å². The van der Waals surface area contributed by atoms with Crippen LogP contribution in [0.5, 0.6) is 0 Å². The molecule has 0 aromatic heterocycles. The summed E-state index contributed by atoms with van der Waals surface area (Å²) in [5.74, 6) is 0.831.